The van der Waals surface area contributed by atoms with E-state index >= 15 is 4.39 Å². The van der Waals surface area contributed by atoms with Crippen molar-refractivity contribution in [3.05, 3.63) is 76.7 Å². The molecule has 5 rings (SSSR count). The Hall–Kier alpha value is -4.36. The summed E-state index contributed by atoms with van der Waals surface area (Å²) in [6.45, 7) is 2.93. The molecular formula is C25H20ClF2N7O4. The SMILES string of the molecule is Cc1nc(-c2c(F)cc(Cl)cc2-c2cnc([C@@H](C)NC(=O)C3(NC(=O)c4cccnn4)COC3)c(F)c2)no1. The molecule has 39 heavy (non-hydrogen) atoms. The predicted octanol–water partition coefficient (Wildman–Crippen LogP) is 3.20. The summed E-state index contributed by atoms with van der Waals surface area (Å²) in [5.74, 6) is -2.49. The summed E-state index contributed by atoms with van der Waals surface area (Å²) in [6.07, 6.45) is 2.73. The van der Waals surface area contributed by atoms with Crippen molar-refractivity contribution in [2.45, 2.75) is 25.4 Å². The zero-order valence-corrected chi connectivity index (χ0v) is 21.3. The van der Waals surface area contributed by atoms with E-state index in [9.17, 15) is 14.0 Å². The van der Waals surface area contributed by atoms with Crippen LogP contribution in [0.1, 0.15) is 35.0 Å². The number of nitrogens with one attached hydrogen (secondary N) is 2. The molecule has 0 spiro atoms. The Morgan fingerprint density at radius 3 is 2.59 bits per heavy atom. The first-order chi connectivity index (χ1) is 18.7. The number of hydrogen-bond donors (Lipinski definition) is 2. The standard InChI is InChI=1S/C25H20ClF2N7O4/c1-12(31-24(37)25(10-38-11-25)33-23(36)19-4-3-5-30-34-19)21-18(28)6-14(9-29-21)16-7-15(26)8-17(27)20(16)22-32-13(2)39-35-22/h3-9,12H,10-11H2,1-2H3,(H,31,37)(H,33,36)/t12-/m1/s1. The van der Waals surface area contributed by atoms with Crippen molar-refractivity contribution in [3.63, 3.8) is 0 Å². The first-order valence-electron chi connectivity index (χ1n) is 11.6. The molecule has 1 fully saturated rings. The van der Waals surface area contributed by atoms with Crippen molar-refractivity contribution >= 4 is 23.4 Å². The number of halogens is 3. The van der Waals surface area contributed by atoms with Gasteiger partial charge in [0.15, 0.2) is 11.2 Å². The lowest BCUT2D eigenvalue weighted by Crippen LogP contribution is -2.70. The van der Waals surface area contributed by atoms with Gasteiger partial charge in [-0.05, 0) is 42.8 Å². The van der Waals surface area contributed by atoms with Crippen LogP contribution in [-0.4, -0.2) is 55.9 Å². The predicted molar refractivity (Wildman–Crippen MR) is 132 cm³/mol. The van der Waals surface area contributed by atoms with E-state index in [0.717, 1.165) is 12.1 Å². The second-order valence-corrected chi connectivity index (χ2v) is 9.31. The van der Waals surface area contributed by atoms with Crippen LogP contribution in [-0.2, 0) is 9.53 Å². The maximum atomic E-state index is 15.3. The highest BCUT2D eigenvalue weighted by atomic mass is 35.5. The van der Waals surface area contributed by atoms with E-state index in [-0.39, 0.29) is 58.0 Å². The molecule has 1 aliphatic heterocycles. The normalized spacial score (nSPS) is 14.8. The Kier molecular flexibility index (Phi) is 7.02. The maximum absolute atomic E-state index is 15.3. The van der Waals surface area contributed by atoms with Gasteiger partial charge in [-0.2, -0.15) is 10.1 Å². The van der Waals surface area contributed by atoms with E-state index in [0.29, 0.717) is 0 Å². The van der Waals surface area contributed by atoms with E-state index in [1.54, 1.807) is 6.92 Å². The van der Waals surface area contributed by atoms with Gasteiger partial charge in [-0.1, -0.05) is 16.8 Å². The third-order valence-electron chi connectivity index (χ3n) is 6.03. The van der Waals surface area contributed by atoms with Gasteiger partial charge >= 0.3 is 0 Å². The summed E-state index contributed by atoms with van der Waals surface area (Å²) in [4.78, 5) is 33.9. The molecule has 200 valence electrons. The summed E-state index contributed by atoms with van der Waals surface area (Å²) in [6, 6.07) is 5.76. The number of ether oxygens (including phenoxy) is 1. The number of aromatic nitrogens is 5. The summed E-state index contributed by atoms with van der Waals surface area (Å²) in [5, 5.41) is 16.5. The second-order valence-electron chi connectivity index (χ2n) is 8.87. The molecule has 2 N–H and O–H groups in total. The average molecular weight is 556 g/mol. The molecule has 1 aromatic carbocycles. The van der Waals surface area contributed by atoms with Gasteiger partial charge in [0.25, 0.3) is 11.8 Å². The van der Waals surface area contributed by atoms with Gasteiger partial charge in [0, 0.05) is 29.9 Å². The van der Waals surface area contributed by atoms with Crippen LogP contribution in [0.5, 0.6) is 0 Å². The number of amides is 2. The van der Waals surface area contributed by atoms with Crippen molar-refractivity contribution in [3.8, 4) is 22.5 Å². The minimum absolute atomic E-state index is 0.0284. The largest absolute Gasteiger partial charge is 0.375 e. The minimum Gasteiger partial charge on any atom is -0.375 e. The number of carbonyl (C=O) groups excluding carboxylic acids is 2. The lowest BCUT2D eigenvalue weighted by molar-refractivity contribution is -0.147. The third kappa shape index (κ3) is 5.18. The van der Waals surface area contributed by atoms with E-state index in [1.165, 1.54) is 37.5 Å². The van der Waals surface area contributed by atoms with Gasteiger partial charge in [-0.3, -0.25) is 14.6 Å². The molecule has 11 nitrogen and oxygen atoms in total. The van der Waals surface area contributed by atoms with Gasteiger partial charge in [0.1, 0.15) is 11.6 Å². The van der Waals surface area contributed by atoms with Crippen LogP contribution in [0.2, 0.25) is 5.02 Å². The van der Waals surface area contributed by atoms with Crippen molar-refractivity contribution in [2.75, 3.05) is 13.2 Å². The molecule has 0 bridgehead atoms. The zero-order valence-electron chi connectivity index (χ0n) is 20.5. The molecule has 0 saturated carbocycles. The molecule has 1 saturated heterocycles. The van der Waals surface area contributed by atoms with Gasteiger partial charge in [-0.25, -0.2) is 8.78 Å². The van der Waals surface area contributed by atoms with Crippen LogP contribution >= 0.6 is 11.6 Å². The monoisotopic (exact) mass is 555 g/mol. The Balaban J connectivity index is 1.37. The summed E-state index contributed by atoms with van der Waals surface area (Å²) in [5.41, 5.74) is -1.04. The fraction of sp³-hybridized carbons (Fsp3) is 0.240. The second kappa shape index (κ2) is 10.4. The molecule has 3 aromatic heterocycles. The lowest BCUT2D eigenvalue weighted by atomic mass is 9.95. The first kappa shape index (κ1) is 26.3. The van der Waals surface area contributed by atoms with E-state index in [4.69, 9.17) is 20.9 Å². The number of benzene rings is 1. The highest BCUT2D eigenvalue weighted by Crippen LogP contribution is 2.36. The molecule has 4 heterocycles. The van der Waals surface area contributed by atoms with Gasteiger partial charge < -0.3 is 19.9 Å². The molecule has 14 heteroatoms. The topological polar surface area (TPSA) is 145 Å². The minimum atomic E-state index is -1.37. The van der Waals surface area contributed by atoms with Crippen molar-refractivity contribution in [1.82, 2.24) is 36.0 Å². The van der Waals surface area contributed by atoms with Gasteiger partial charge in [0.2, 0.25) is 11.7 Å². The molecule has 1 aliphatic rings. The van der Waals surface area contributed by atoms with E-state index < -0.39 is 35.0 Å². The van der Waals surface area contributed by atoms with E-state index in [1.807, 2.05) is 0 Å². The fourth-order valence-corrected chi connectivity index (χ4v) is 4.22. The summed E-state index contributed by atoms with van der Waals surface area (Å²) < 4.78 is 40.3. The molecule has 0 radical (unpaired) electrons. The Bertz CT molecular complexity index is 1560. The average Bonchev–Trinajstić information content (AvgIpc) is 3.31. The van der Waals surface area contributed by atoms with Crippen molar-refractivity contribution in [1.29, 1.82) is 0 Å². The smallest absolute Gasteiger partial charge is 0.272 e. The Morgan fingerprint density at radius 2 is 1.97 bits per heavy atom. The number of hydrogen-bond acceptors (Lipinski definition) is 9. The van der Waals surface area contributed by atoms with Gasteiger partial charge in [-0.15, -0.1) is 5.10 Å². The third-order valence-corrected chi connectivity index (χ3v) is 6.25. The molecule has 0 aliphatic carbocycles. The molecular weight excluding hydrogens is 536 g/mol. The summed E-state index contributed by atoms with van der Waals surface area (Å²) >= 11 is 6.07. The number of rotatable bonds is 7. The Labute approximate surface area is 224 Å². The number of nitrogens with zero attached hydrogens (tertiary/aromatic N) is 5. The van der Waals surface area contributed by atoms with Crippen LogP contribution in [0.25, 0.3) is 22.5 Å². The summed E-state index contributed by atoms with van der Waals surface area (Å²) in [7, 11) is 0. The maximum Gasteiger partial charge on any atom is 0.272 e. The molecule has 1 atom stereocenters. The quantitative estimate of drug-likeness (QED) is 0.351. The highest BCUT2D eigenvalue weighted by Gasteiger charge is 2.48. The van der Waals surface area contributed by atoms with Crippen LogP contribution < -0.4 is 10.6 Å². The lowest BCUT2D eigenvalue weighted by Gasteiger charge is -2.40. The van der Waals surface area contributed by atoms with Crippen LogP contribution in [0.15, 0.2) is 47.2 Å². The van der Waals surface area contributed by atoms with Crippen LogP contribution in [0.3, 0.4) is 0 Å². The molecule has 2 amide bonds. The molecule has 4 aromatic rings. The van der Waals surface area contributed by atoms with Crippen LogP contribution in [0, 0.1) is 18.6 Å². The van der Waals surface area contributed by atoms with E-state index in [2.05, 4.69) is 36.0 Å². The first-order valence-corrected chi connectivity index (χ1v) is 12.0. The highest BCUT2D eigenvalue weighted by molar-refractivity contribution is 6.31. The number of carbonyl (C=O) groups is 2. The van der Waals surface area contributed by atoms with Gasteiger partial charge in [0.05, 0.1) is 30.5 Å². The fourth-order valence-electron chi connectivity index (χ4n) is 4.02. The number of pyridine rings is 1. The zero-order chi connectivity index (χ0) is 27.7. The number of aryl methyl sites for hydroxylation is 1. The van der Waals surface area contributed by atoms with Crippen molar-refractivity contribution < 1.29 is 27.6 Å². The molecule has 0 unspecified atom stereocenters. The van der Waals surface area contributed by atoms with Crippen molar-refractivity contribution in [2.24, 2.45) is 0 Å². The Morgan fingerprint density at radius 1 is 1.18 bits per heavy atom. The van der Waals surface area contributed by atoms with Crippen LogP contribution in [0.4, 0.5) is 8.78 Å².